The minimum atomic E-state index is -0.308. The Morgan fingerprint density at radius 1 is 1.09 bits per heavy atom. The van der Waals surface area contributed by atoms with Gasteiger partial charge in [-0.25, -0.2) is 0 Å². The summed E-state index contributed by atoms with van der Waals surface area (Å²) in [6.45, 7) is 0. The van der Waals surface area contributed by atoms with Crippen LogP contribution in [0.3, 0.4) is 0 Å². The second-order valence-corrected chi connectivity index (χ2v) is 6.61. The Kier molecular flexibility index (Phi) is 3.42. The number of rotatable bonds is 3. The van der Waals surface area contributed by atoms with Crippen molar-refractivity contribution in [3.8, 4) is 11.3 Å². The summed E-state index contributed by atoms with van der Waals surface area (Å²) in [7, 11) is 0. The smallest absolute Gasteiger partial charge is 0.293 e. The molecule has 1 aliphatic rings. The lowest BCUT2D eigenvalue weighted by Gasteiger charge is -2.03. The molecule has 1 aromatic heterocycles. The second kappa shape index (κ2) is 5.59. The summed E-state index contributed by atoms with van der Waals surface area (Å²) < 4.78 is 0. The van der Waals surface area contributed by atoms with E-state index < -0.39 is 0 Å². The molecule has 4 nitrogen and oxygen atoms in total. The summed E-state index contributed by atoms with van der Waals surface area (Å²) in [4.78, 5) is 15.5. The molecule has 0 unspecified atom stereocenters. The van der Waals surface area contributed by atoms with Crippen LogP contribution in [0.2, 0.25) is 0 Å². The third-order valence-electron chi connectivity index (χ3n) is 3.98. The Balaban J connectivity index is 1.92. The minimum Gasteiger partial charge on any atom is -0.349 e. The Hall–Kier alpha value is -2.53. The van der Waals surface area contributed by atoms with Gasteiger partial charge in [0.25, 0.3) is 5.69 Å². The van der Waals surface area contributed by atoms with Gasteiger partial charge in [0, 0.05) is 27.8 Å². The van der Waals surface area contributed by atoms with Crippen molar-refractivity contribution in [3.05, 3.63) is 70.3 Å². The number of thioether (sulfide) groups is 1. The lowest BCUT2D eigenvalue weighted by molar-refractivity contribution is -0.383. The summed E-state index contributed by atoms with van der Waals surface area (Å²) in [5.41, 5.74) is 3.57. The highest BCUT2D eigenvalue weighted by molar-refractivity contribution is 8.08. The van der Waals surface area contributed by atoms with Gasteiger partial charge in [-0.3, -0.25) is 10.1 Å². The molecule has 5 heteroatoms. The van der Waals surface area contributed by atoms with Crippen LogP contribution in [0.15, 0.2) is 54.6 Å². The highest BCUT2D eigenvalue weighted by atomic mass is 32.2. The molecule has 1 N–H and O–H groups in total. The highest BCUT2D eigenvalue weighted by Gasteiger charge is 2.19. The average Bonchev–Trinajstić information content (AvgIpc) is 3.23. The zero-order chi connectivity index (χ0) is 15.8. The second-order valence-electron chi connectivity index (χ2n) is 5.47. The molecule has 0 amide bonds. The molecular formula is C18H14N2O2S. The van der Waals surface area contributed by atoms with Gasteiger partial charge >= 0.3 is 0 Å². The van der Waals surface area contributed by atoms with Crippen LogP contribution in [-0.4, -0.2) is 15.7 Å². The standard InChI is InChI=1S/C18H14N2O2S/c21-20(22)16-11-13(17-7-4-8-23-17)9-14-10-15(19-18(14)16)12-5-2-1-3-6-12/h1-3,5-7,9-11,19H,4,8H2. The van der Waals surface area contributed by atoms with E-state index in [9.17, 15) is 10.1 Å². The van der Waals surface area contributed by atoms with Gasteiger partial charge in [0.15, 0.2) is 0 Å². The maximum atomic E-state index is 11.5. The number of aromatic amines is 1. The number of aromatic nitrogens is 1. The zero-order valence-corrected chi connectivity index (χ0v) is 13.1. The molecule has 2 heterocycles. The molecule has 0 bridgehead atoms. The minimum absolute atomic E-state index is 0.132. The third-order valence-corrected chi connectivity index (χ3v) is 5.13. The van der Waals surface area contributed by atoms with Crippen molar-refractivity contribution >= 4 is 33.3 Å². The molecule has 4 rings (SSSR count). The van der Waals surface area contributed by atoms with Crippen molar-refractivity contribution in [1.29, 1.82) is 0 Å². The lowest BCUT2D eigenvalue weighted by Crippen LogP contribution is -1.91. The third kappa shape index (κ3) is 2.53. The van der Waals surface area contributed by atoms with Crippen LogP contribution in [0.1, 0.15) is 12.0 Å². The summed E-state index contributed by atoms with van der Waals surface area (Å²) in [5, 5.41) is 12.4. The van der Waals surface area contributed by atoms with E-state index in [0.29, 0.717) is 5.52 Å². The summed E-state index contributed by atoms with van der Waals surface area (Å²) in [5.74, 6) is 1.05. The number of nitro benzene ring substituents is 1. The Labute approximate surface area is 137 Å². The molecule has 0 saturated heterocycles. The number of benzene rings is 2. The number of non-ortho nitro benzene ring substituents is 1. The van der Waals surface area contributed by atoms with Gasteiger partial charge in [-0.05, 0) is 29.7 Å². The first kappa shape index (κ1) is 14.1. The zero-order valence-electron chi connectivity index (χ0n) is 12.3. The van der Waals surface area contributed by atoms with E-state index in [4.69, 9.17) is 0 Å². The largest absolute Gasteiger partial charge is 0.349 e. The number of fused-ring (bicyclic) bond motifs is 1. The van der Waals surface area contributed by atoms with Crippen molar-refractivity contribution < 1.29 is 4.92 Å². The van der Waals surface area contributed by atoms with Crippen LogP contribution < -0.4 is 0 Å². The van der Waals surface area contributed by atoms with Crippen LogP contribution in [-0.2, 0) is 0 Å². The molecule has 0 aliphatic carbocycles. The summed E-state index contributed by atoms with van der Waals surface area (Å²) in [6.07, 6.45) is 3.18. The predicted octanol–water partition coefficient (Wildman–Crippen LogP) is 5.22. The number of hydrogen-bond acceptors (Lipinski definition) is 3. The van der Waals surface area contributed by atoms with Crippen molar-refractivity contribution in [3.63, 3.8) is 0 Å². The number of nitrogens with one attached hydrogen (secondary N) is 1. The first-order chi connectivity index (χ1) is 11.2. The molecule has 3 aromatic rings. The quantitative estimate of drug-likeness (QED) is 0.531. The van der Waals surface area contributed by atoms with Crippen LogP contribution >= 0.6 is 11.8 Å². The maximum absolute atomic E-state index is 11.5. The van der Waals surface area contributed by atoms with Crippen LogP contribution in [0, 0.1) is 10.1 Å². The van der Waals surface area contributed by atoms with E-state index >= 15 is 0 Å². The van der Waals surface area contributed by atoms with E-state index in [-0.39, 0.29) is 10.6 Å². The van der Waals surface area contributed by atoms with Crippen molar-refractivity contribution in [1.82, 2.24) is 4.98 Å². The fourth-order valence-corrected chi connectivity index (χ4v) is 3.88. The lowest BCUT2D eigenvalue weighted by atomic mass is 10.1. The highest BCUT2D eigenvalue weighted by Crippen LogP contribution is 2.39. The SMILES string of the molecule is O=[N+]([O-])c1cc(C2=CCCS2)cc2cc(-c3ccccc3)[nH]c12. The van der Waals surface area contributed by atoms with Gasteiger partial charge in [0.05, 0.1) is 4.92 Å². The van der Waals surface area contributed by atoms with Crippen LogP contribution in [0.4, 0.5) is 5.69 Å². The van der Waals surface area contributed by atoms with Crippen LogP contribution in [0.25, 0.3) is 27.1 Å². The van der Waals surface area contributed by atoms with E-state index in [0.717, 1.165) is 39.3 Å². The van der Waals surface area contributed by atoms with E-state index in [1.165, 1.54) is 0 Å². The van der Waals surface area contributed by atoms with Gasteiger partial charge in [-0.1, -0.05) is 36.4 Å². The van der Waals surface area contributed by atoms with Crippen molar-refractivity contribution in [2.45, 2.75) is 6.42 Å². The molecule has 0 radical (unpaired) electrons. The fraction of sp³-hybridized carbons (Fsp3) is 0.111. The van der Waals surface area contributed by atoms with E-state index in [1.54, 1.807) is 17.8 Å². The predicted molar refractivity (Wildman–Crippen MR) is 95.4 cm³/mol. The topological polar surface area (TPSA) is 58.9 Å². The Morgan fingerprint density at radius 2 is 1.91 bits per heavy atom. The van der Waals surface area contributed by atoms with Crippen LogP contribution in [0.5, 0.6) is 0 Å². The summed E-state index contributed by atoms with van der Waals surface area (Å²) in [6, 6.07) is 15.6. The molecule has 0 saturated carbocycles. The molecule has 0 fully saturated rings. The maximum Gasteiger partial charge on any atom is 0.293 e. The van der Waals surface area contributed by atoms with Crippen molar-refractivity contribution in [2.24, 2.45) is 0 Å². The van der Waals surface area contributed by atoms with Gasteiger partial charge in [-0.15, -0.1) is 11.8 Å². The number of nitro groups is 1. The number of allylic oxidation sites excluding steroid dienone is 1. The first-order valence-electron chi connectivity index (χ1n) is 7.42. The number of H-pyrrole nitrogens is 1. The molecule has 0 atom stereocenters. The van der Waals surface area contributed by atoms with Gasteiger partial charge in [0.1, 0.15) is 5.52 Å². The van der Waals surface area contributed by atoms with E-state index in [2.05, 4.69) is 11.1 Å². The Morgan fingerprint density at radius 3 is 2.61 bits per heavy atom. The van der Waals surface area contributed by atoms with E-state index in [1.807, 2.05) is 42.5 Å². The number of hydrogen-bond donors (Lipinski definition) is 1. The fourth-order valence-electron chi connectivity index (χ4n) is 2.90. The average molecular weight is 322 g/mol. The van der Waals surface area contributed by atoms with Gasteiger partial charge < -0.3 is 4.98 Å². The normalized spacial score (nSPS) is 14.2. The molecule has 2 aromatic carbocycles. The number of nitrogens with zero attached hydrogens (tertiary/aromatic N) is 1. The monoisotopic (exact) mass is 322 g/mol. The molecular weight excluding hydrogens is 308 g/mol. The van der Waals surface area contributed by atoms with Crippen molar-refractivity contribution in [2.75, 3.05) is 5.75 Å². The molecule has 23 heavy (non-hydrogen) atoms. The molecule has 114 valence electrons. The Bertz CT molecular complexity index is 929. The molecule has 1 aliphatic heterocycles. The summed E-state index contributed by atoms with van der Waals surface area (Å²) >= 11 is 1.76. The first-order valence-corrected chi connectivity index (χ1v) is 8.41. The molecule has 0 spiro atoms. The van der Waals surface area contributed by atoms with Gasteiger partial charge in [-0.2, -0.15) is 0 Å². The van der Waals surface area contributed by atoms with Gasteiger partial charge in [0.2, 0.25) is 0 Å².